The second-order valence-electron chi connectivity index (χ2n) is 8.24. The average Bonchev–Trinajstić information content (AvgIpc) is 3.49. The molecule has 3 heterocycles. The number of para-hydroxylation sites is 3. The van der Waals surface area contributed by atoms with Crippen molar-refractivity contribution in [1.29, 1.82) is 5.26 Å². The number of nitrogens with zero attached hydrogens (tertiary/aromatic N) is 6. The Labute approximate surface area is 207 Å². The number of hydrogen-bond donors (Lipinski definition) is 2. The standard InChI is InChI=1S/C25H25N7O2S/c1-16-7-3-6-10-21(16)32-24(31-11-13-34-14-12-31)29-30-25(32)35-17(2)22(33)18(15-26)23-27-19-8-4-5-9-20(19)28-23/h3-10,17,33H,11-14H2,1-2H3,(H,27,28)/b22-18-. The SMILES string of the molecule is Cc1ccccc1-n1c(SC(C)/C(O)=C(\C#N)c2nc3ccccc3[nH]2)nnc1N1CCOCC1. The minimum Gasteiger partial charge on any atom is -0.510 e. The third-order valence-corrected chi connectivity index (χ3v) is 6.98. The van der Waals surface area contributed by atoms with Crippen LogP contribution in [-0.4, -0.2) is 61.4 Å². The van der Waals surface area contributed by atoms with Crippen LogP contribution in [0.5, 0.6) is 0 Å². The lowest BCUT2D eigenvalue weighted by Crippen LogP contribution is -2.38. The summed E-state index contributed by atoms with van der Waals surface area (Å²) in [5, 5.41) is 30.1. The van der Waals surface area contributed by atoms with Crippen LogP contribution in [-0.2, 0) is 4.74 Å². The molecule has 2 aromatic carbocycles. The molecule has 0 aliphatic carbocycles. The van der Waals surface area contributed by atoms with Gasteiger partial charge >= 0.3 is 0 Å². The number of benzene rings is 2. The summed E-state index contributed by atoms with van der Waals surface area (Å²) in [4.78, 5) is 9.76. The molecule has 9 nitrogen and oxygen atoms in total. The molecule has 1 aliphatic rings. The molecule has 178 valence electrons. The first kappa shape index (κ1) is 23.0. The summed E-state index contributed by atoms with van der Waals surface area (Å²) >= 11 is 1.34. The number of aromatic nitrogens is 5. The number of ether oxygens (including phenoxy) is 1. The molecule has 0 amide bonds. The lowest BCUT2D eigenvalue weighted by atomic mass is 10.2. The number of morpholine rings is 1. The lowest BCUT2D eigenvalue weighted by Gasteiger charge is -2.28. The maximum Gasteiger partial charge on any atom is 0.232 e. The minimum absolute atomic E-state index is 0.0659. The molecule has 2 aromatic heterocycles. The molecule has 1 fully saturated rings. The fourth-order valence-corrected chi connectivity index (χ4v) is 4.97. The summed E-state index contributed by atoms with van der Waals surface area (Å²) in [7, 11) is 0. The molecule has 0 radical (unpaired) electrons. The number of fused-ring (bicyclic) bond motifs is 1. The molecule has 1 unspecified atom stereocenters. The largest absolute Gasteiger partial charge is 0.510 e. The highest BCUT2D eigenvalue weighted by Crippen LogP contribution is 2.34. The topological polar surface area (TPSA) is 116 Å². The summed E-state index contributed by atoms with van der Waals surface area (Å²) in [6.45, 7) is 6.59. The fraction of sp³-hybridized carbons (Fsp3) is 0.280. The number of aromatic amines is 1. The number of nitriles is 1. The Kier molecular flexibility index (Phi) is 6.44. The Balaban J connectivity index is 1.52. The summed E-state index contributed by atoms with van der Waals surface area (Å²) in [6.07, 6.45) is 0. The van der Waals surface area contributed by atoms with E-state index in [4.69, 9.17) is 4.74 Å². The van der Waals surface area contributed by atoms with Crippen LogP contribution < -0.4 is 4.90 Å². The van der Waals surface area contributed by atoms with E-state index in [1.54, 1.807) is 0 Å². The predicted molar refractivity (Wildman–Crippen MR) is 136 cm³/mol. The maximum atomic E-state index is 11.1. The van der Waals surface area contributed by atoms with Gasteiger partial charge in [-0.05, 0) is 37.6 Å². The second-order valence-corrected chi connectivity index (χ2v) is 9.55. The van der Waals surface area contributed by atoms with Gasteiger partial charge in [-0.1, -0.05) is 42.1 Å². The van der Waals surface area contributed by atoms with E-state index in [9.17, 15) is 10.4 Å². The van der Waals surface area contributed by atoms with Gasteiger partial charge in [-0.3, -0.25) is 4.57 Å². The summed E-state index contributed by atoms with van der Waals surface area (Å²) in [6, 6.07) is 17.7. The predicted octanol–water partition coefficient (Wildman–Crippen LogP) is 4.26. The molecule has 1 saturated heterocycles. The number of thioether (sulfide) groups is 1. The highest BCUT2D eigenvalue weighted by Gasteiger charge is 2.26. The molecule has 2 N–H and O–H groups in total. The normalized spacial score (nSPS) is 15.6. The first-order chi connectivity index (χ1) is 17.1. The van der Waals surface area contributed by atoms with Gasteiger partial charge in [0.15, 0.2) is 11.0 Å². The van der Waals surface area contributed by atoms with Gasteiger partial charge in [-0.25, -0.2) is 4.98 Å². The Morgan fingerprint density at radius 1 is 1.14 bits per heavy atom. The molecule has 0 spiro atoms. The summed E-state index contributed by atoms with van der Waals surface area (Å²) in [5.41, 5.74) is 3.69. The third kappa shape index (κ3) is 4.48. The van der Waals surface area contributed by atoms with Crippen LogP contribution in [0.25, 0.3) is 22.3 Å². The van der Waals surface area contributed by atoms with E-state index in [1.807, 2.05) is 66.9 Å². The Morgan fingerprint density at radius 3 is 2.63 bits per heavy atom. The number of H-pyrrole nitrogens is 1. The van der Waals surface area contributed by atoms with E-state index < -0.39 is 5.25 Å². The molecule has 4 aromatic rings. The highest BCUT2D eigenvalue weighted by molar-refractivity contribution is 8.00. The van der Waals surface area contributed by atoms with E-state index in [0.717, 1.165) is 41.3 Å². The van der Waals surface area contributed by atoms with Gasteiger partial charge in [-0.15, -0.1) is 10.2 Å². The maximum absolute atomic E-state index is 11.1. The van der Waals surface area contributed by atoms with E-state index in [0.29, 0.717) is 24.2 Å². The van der Waals surface area contributed by atoms with Gasteiger partial charge in [0.1, 0.15) is 17.4 Å². The molecule has 0 saturated carbocycles. The zero-order valence-corrected chi connectivity index (χ0v) is 20.3. The number of anilines is 1. The van der Waals surface area contributed by atoms with Crippen molar-refractivity contribution in [3.63, 3.8) is 0 Å². The van der Waals surface area contributed by atoms with Gasteiger partial charge in [0, 0.05) is 13.1 Å². The molecular formula is C25H25N7O2S. The van der Waals surface area contributed by atoms with Crippen molar-refractivity contribution in [1.82, 2.24) is 24.7 Å². The summed E-state index contributed by atoms with van der Waals surface area (Å²) < 4.78 is 7.53. The zero-order chi connectivity index (χ0) is 24.4. The molecule has 1 atom stereocenters. The van der Waals surface area contributed by atoms with Crippen LogP contribution in [0.1, 0.15) is 18.3 Å². The van der Waals surface area contributed by atoms with Crippen molar-refractivity contribution >= 4 is 34.3 Å². The van der Waals surface area contributed by atoms with Crippen LogP contribution in [0.4, 0.5) is 5.95 Å². The number of allylic oxidation sites excluding steroid dienone is 1. The summed E-state index contributed by atoms with van der Waals surface area (Å²) in [5.74, 6) is 1.01. The molecule has 10 heteroatoms. The van der Waals surface area contributed by atoms with Crippen LogP contribution >= 0.6 is 11.8 Å². The Bertz CT molecular complexity index is 1400. The highest BCUT2D eigenvalue weighted by atomic mass is 32.2. The zero-order valence-electron chi connectivity index (χ0n) is 19.5. The lowest BCUT2D eigenvalue weighted by molar-refractivity contribution is 0.122. The number of aryl methyl sites for hydroxylation is 1. The second kappa shape index (κ2) is 9.82. The van der Waals surface area contributed by atoms with Gasteiger partial charge in [0.25, 0.3) is 0 Å². The Morgan fingerprint density at radius 2 is 1.89 bits per heavy atom. The van der Waals surface area contributed by atoms with Gasteiger partial charge in [-0.2, -0.15) is 5.26 Å². The van der Waals surface area contributed by atoms with Crippen molar-refractivity contribution < 1.29 is 9.84 Å². The Hall–Kier alpha value is -3.81. The van der Waals surface area contributed by atoms with E-state index in [1.165, 1.54) is 11.8 Å². The average molecular weight is 488 g/mol. The monoisotopic (exact) mass is 487 g/mol. The quantitative estimate of drug-likeness (QED) is 0.235. The molecule has 35 heavy (non-hydrogen) atoms. The smallest absolute Gasteiger partial charge is 0.232 e. The fourth-order valence-electron chi connectivity index (χ4n) is 4.05. The van der Waals surface area contributed by atoms with E-state index in [2.05, 4.69) is 31.1 Å². The number of imidazole rings is 1. The third-order valence-electron chi connectivity index (χ3n) is 5.93. The van der Waals surface area contributed by atoms with Crippen molar-refractivity contribution in [2.75, 3.05) is 31.2 Å². The van der Waals surface area contributed by atoms with Gasteiger partial charge in [0.2, 0.25) is 5.95 Å². The van der Waals surface area contributed by atoms with Crippen molar-refractivity contribution in [2.45, 2.75) is 24.3 Å². The number of rotatable bonds is 6. The van der Waals surface area contributed by atoms with Crippen molar-refractivity contribution in [3.05, 3.63) is 65.7 Å². The van der Waals surface area contributed by atoms with Crippen LogP contribution in [0, 0.1) is 18.3 Å². The number of aliphatic hydroxyl groups excluding tert-OH is 1. The molecule has 1 aliphatic heterocycles. The van der Waals surface area contributed by atoms with Crippen molar-refractivity contribution in [2.24, 2.45) is 0 Å². The number of hydrogen-bond acceptors (Lipinski definition) is 8. The minimum atomic E-state index is -0.470. The van der Waals surface area contributed by atoms with Crippen molar-refractivity contribution in [3.8, 4) is 11.8 Å². The molecule has 5 rings (SSSR count). The molecule has 0 bridgehead atoms. The van der Waals surface area contributed by atoms with Gasteiger partial charge < -0.3 is 19.7 Å². The number of aliphatic hydroxyl groups is 1. The van der Waals surface area contributed by atoms with Crippen LogP contribution in [0.2, 0.25) is 0 Å². The number of nitrogens with one attached hydrogen (secondary N) is 1. The van der Waals surface area contributed by atoms with Gasteiger partial charge in [0.05, 0.1) is 35.2 Å². The molecular weight excluding hydrogens is 462 g/mol. The van der Waals surface area contributed by atoms with E-state index in [-0.39, 0.29) is 11.3 Å². The first-order valence-electron chi connectivity index (χ1n) is 11.4. The first-order valence-corrected chi connectivity index (χ1v) is 12.2. The van der Waals surface area contributed by atoms with E-state index >= 15 is 0 Å². The van der Waals surface area contributed by atoms with Crippen LogP contribution in [0.3, 0.4) is 0 Å². The van der Waals surface area contributed by atoms with Crippen LogP contribution in [0.15, 0.2) is 59.4 Å².